The lowest BCUT2D eigenvalue weighted by atomic mass is 10.2. The van der Waals surface area contributed by atoms with E-state index >= 15 is 0 Å². The van der Waals surface area contributed by atoms with Crippen LogP contribution in [0.3, 0.4) is 0 Å². The van der Waals surface area contributed by atoms with Crippen LogP contribution < -0.4 is 5.32 Å². The SMILES string of the molecule is O=CNCc1cccc(SC(F)(F)F)c1. The predicted octanol–water partition coefficient (Wildman–Crippen LogP) is 2.54. The van der Waals surface area contributed by atoms with Crippen molar-refractivity contribution in [2.24, 2.45) is 0 Å². The first-order valence-electron chi connectivity index (χ1n) is 4.03. The molecule has 1 aromatic carbocycles. The highest BCUT2D eigenvalue weighted by Gasteiger charge is 2.29. The summed E-state index contributed by atoms with van der Waals surface area (Å²) in [5, 5.41) is 2.38. The number of rotatable bonds is 4. The van der Waals surface area contributed by atoms with Crippen molar-refractivity contribution in [2.75, 3.05) is 0 Å². The number of amides is 1. The average Bonchev–Trinajstić information content (AvgIpc) is 2.12. The van der Waals surface area contributed by atoms with Crippen molar-refractivity contribution < 1.29 is 18.0 Å². The third-order valence-corrected chi connectivity index (χ3v) is 2.24. The van der Waals surface area contributed by atoms with Crippen molar-refractivity contribution in [1.29, 1.82) is 0 Å². The van der Waals surface area contributed by atoms with Crippen LogP contribution in [0.5, 0.6) is 0 Å². The van der Waals surface area contributed by atoms with Crippen LogP contribution in [0.1, 0.15) is 5.56 Å². The highest BCUT2D eigenvalue weighted by atomic mass is 32.2. The van der Waals surface area contributed by atoms with Crippen molar-refractivity contribution in [2.45, 2.75) is 16.9 Å². The molecule has 1 N–H and O–H groups in total. The lowest BCUT2D eigenvalue weighted by Crippen LogP contribution is -2.09. The minimum absolute atomic E-state index is 0.118. The molecule has 0 aliphatic rings. The van der Waals surface area contributed by atoms with E-state index in [-0.39, 0.29) is 23.2 Å². The van der Waals surface area contributed by atoms with Crippen LogP contribution in [-0.4, -0.2) is 11.9 Å². The first-order chi connectivity index (χ1) is 7.01. The molecule has 2 nitrogen and oxygen atoms in total. The monoisotopic (exact) mass is 235 g/mol. The number of carbonyl (C=O) groups excluding carboxylic acids is 1. The van der Waals surface area contributed by atoms with Gasteiger partial charge in [0.1, 0.15) is 0 Å². The van der Waals surface area contributed by atoms with Crippen molar-refractivity contribution >= 4 is 18.2 Å². The quantitative estimate of drug-likeness (QED) is 0.642. The van der Waals surface area contributed by atoms with Crippen LogP contribution >= 0.6 is 11.8 Å². The van der Waals surface area contributed by atoms with E-state index in [1.807, 2.05) is 0 Å². The molecule has 0 saturated carbocycles. The molecule has 0 saturated heterocycles. The van der Waals surface area contributed by atoms with Crippen LogP contribution in [0.15, 0.2) is 29.2 Å². The highest BCUT2D eigenvalue weighted by Crippen LogP contribution is 2.36. The molecule has 0 aliphatic heterocycles. The number of halogens is 3. The standard InChI is InChI=1S/C9H8F3NOS/c10-9(11,12)15-8-3-1-2-7(4-8)5-13-6-14/h1-4,6H,5H2,(H,13,14). The first-order valence-corrected chi connectivity index (χ1v) is 4.84. The fraction of sp³-hybridized carbons (Fsp3) is 0.222. The molecule has 6 heteroatoms. The summed E-state index contributed by atoms with van der Waals surface area (Å²) in [5.41, 5.74) is -3.65. The van der Waals surface area contributed by atoms with Gasteiger partial charge in [0.25, 0.3) is 0 Å². The van der Waals surface area contributed by atoms with Crippen LogP contribution in [0, 0.1) is 0 Å². The van der Waals surface area contributed by atoms with Gasteiger partial charge in [-0.3, -0.25) is 4.79 Å². The van der Waals surface area contributed by atoms with E-state index < -0.39 is 5.51 Å². The lowest BCUT2D eigenvalue weighted by molar-refractivity contribution is -0.109. The Morgan fingerprint density at radius 2 is 2.13 bits per heavy atom. The maximum atomic E-state index is 12.0. The van der Waals surface area contributed by atoms with Crippen molar-refractivity contribution in [3.63, 3.8) is 0 Å². The molecule has 0 spiro atoms. The summed E-state index contributed by atoms with van der Waals surface area (Å²) in [7, 11) is 0. The van der Waals surface area contributed by atoms with Gasteiger partial charge in [-0.1, -0.05) is 12.1 Å². The molecule has 1 rings (SSSR count). The summed E-state index contributed by atoms with van der Waals surface area (Å²) in [6.07, 6.45) is 0.504. The molecular weight excluding hydrogens is 227 g/mol. The average molecular weight is 235 g/mol. The zero-order valence-corrected chi connectivity index (χ0v) is 8.36. The van der Waals surface area contributed by atoms with Gasteiger partial charge in [-0.05, 0) is 29.5 Å². The predicted molar refractivity (Wildman–Crippen MR) is 51.3 cm³/mol. The number of benzene rings is 1. The van der Waals surface area contributed by atoms with Gasteiger partial charge >= 0.3 is 5.51 Å². The van der Waals surface area contributed by atoms with Crippen molar-refractivity contribution in [3.8, 4) is 0 Å². The Morgan fingerprint density at radius 1 is 1.40 bits per heavy atom. The number of carbonyl (C=O) groups is 1. The topological polar surface area (TPSA) is 29.1 Å². The molecule has 0 fully saturated rings. The van der Waals surface area contributed by atoms with Gasteiger partial charge in [-0.15, -0.1) is 0 Å². The van der Waals surface area contributed by atoms with E-state index in [1.165, 1.54) is 18.2 Å². The Labute approximate surface area is 88.9 Å². The summed E-state index contributed by atoms with van der Waals surface area (Å²) >= 11 is -0.168. The molecule has 0 bridgehead atoms. The normalized spacial score (nSPS) is 11.1. The largest absolute Gasteiger partial charge is 0.446 e. The van der Waals surface area contributed by atoms with Crippen molar-refractivity contribution in [1.82, 2.24) is 5.32 Å². The molecule has 15 heavy (non-hydrogen) atoms. The number of alkyl halides is 3. The number of thioether (sulfide) groups is 1. The second kappa shape index (κ2) is 5.06. The Hall–Kier alpha value is -1.17. The highest BCUT2D eigenvalue weighted by molar-refractivity contribution is 8.00. The Kier molecular flexibility index (Phi) is 4.02. The maximum Gasteiger partial charge on any atom is 0.446 e. The zero-order chi connectivity index (χ0) is 11.3. The van der Waals surface area contributed by atoms with Gasteiger partial charge in [0.15, 0.2) is 0 Å². The molecule has 1 aromatic rings. The van der Waals surface area contributed by atoms with E-state index in [1.54, 1.807) is 6.07 Å². The van der Waals surface area contributed by atoms with Gasteiger partial charge in [0.2, 0.25) is 6.41 Å². The van der Waals surface area contributed by atoms with Gasteiger partial charge in [0.05, 0.1) is 0 Å². The van der Waals surface area contributed by atoms with E-state index in [2.05, 4.69) is 5.32 Å². The molecule has 0 heterocycles. The van der Waals surface area contributed by atoms with E-state index in [9.17, 15) is 18.0 Å². The molecule has 0 unspecified atom stereocenters. The fourth-order valence-corrected chi connectivity index (χ4v) is 1.64. The summed E-state index contributed by atoms with van der Waals surface area (Å²) < 4.78 is 36.0. The molecule has 82 valence electrons. The van der Waals surface area contributed by atoms with Crippen LogP contribution in [0.25, 0.3) is 0 Å². The van der Waals surface area contributed by atoms with E-state index in [0.717, 1.165) is 0 Å². The molecule has 0 aliphatic carbocycles. The molecule has 0 aromatic heterocycles. The molecular formula is C9H8F3NOS. The Bertz CT molecular complexity index is 340. The maximum absolute atomic E-state index is 12.0. The van der Waals surface area contributed by atoms with E-state index in [0.29, 0.717) is 12.0 Å². The fourth-order valence-electron chi connectivity index (χ4n) is 1.01. The summed E-state index contributed by atoms with van der Waals surface area (Å²) in [6.45, 7) is 0.232. The van der Waals surface area contributed by atoms with E-state index in [4.69, 9.17) is 0 Å². The van der Waals surface area contributed by atoms with Gasteiger partial charge in [-0.2, -0.15) is 13.2 Å². The summed E-state index contributed by atoms with van der Waals surface area (Å²) in [4.78, 5) is 10.1. The van der Waals surface area contributed by atoms with Crippen LogP contribution in [-0.2, 0) is 11.3 Å². The molecule has 1 amide bonds. The second-order valence-electron chi connectivity index (χ2n) is 2.69. The van der Waals surface area contributed by atoms with Crippen LogP contribution in [0.2, 0.25) is 0 Å². The van der Waals surface area contributed by atoms with Gasteiger partial charge in [-0.25, -0.2) is 0 Å². The third-order valence-electron chi connectivity index (χ3n) is 1.52. The second-order valence-corrected chi connectivity index (χ2v) is 3.83. The summed E-state index contributed by atoms with van der Waals surface area (Å²) in [6, 6.07) is 5.95. The lowest BCUT2D eigenvalue weighted by Gasteiger charge is -2.06. The first kappa shape index (κ1) is 11.9. The Morgan fingerprint density at radius 3 is 2.73 bits per heavy atom. The van der Waals surface area contributed by atoms with Crippen molar-refractivity contribution in [3.05, 3.63) is 29.8 Å². The third kappa shape index (κ3) is 4.73. The minimum Gasteiger partial charge on any atom is -0.355 e. The summed E-state index contributed by atoms with van der Waals surface area (Å²) in [5.74, 6) is 0. The molecule has 0 atom stereocenters. The van der Waals surface area contributed by atoms with Gasteiger partial charge in [0, 0.05) is 11.4 Å². The molecule has 0 radical (unpaired) electrons. The zero-order valence-electron chi connectivity index (χ0n) is 7.54. The minimum atomic E-state index is -4.28. The van der Waals surface area contributed by atoms with Gasteiger partial charge < -0.3 is 5.32 Å². The van der Waals surface area contributed by atoms with Crippen LogP contribution in [0.4, 0.5) is 13.2 Å². The smallest absolute Gasteiger partial charge is 0.355 e. The number of nitrogens with one attached hydrogen (secondary N) is 1. The Balaban J connectivity index is 2.69. The number of hydrogen-bond acceptors (Lipinski definition) is 2. The number of hydrogen-bond donors (Lipinski definition) is 1.